The Bertz CT molecular complexity index is 768. The lowest BCUT2D eigenvalue weighted by molar-refractivity contribution is 0.102. The predicted molar refractivity (Wildman–Crippen MR) is 76.7 cm³/mol. The minimum absolute atomic E-state index is 0.0437. The molecule has 0 aliphatic rings. The molecule has 0 spiro atoms. The van der Waals surface area contributed by atoms with Gasteiger partial charge in [-0.1, -0.05) is 28.9 Å². The van der Waals surface area contributed by atoms with Crippen LogP contribution in [-0.2, 0) is 0 Å². The van der Waals surface area contributed by atoms with Gasteiger partial charge in [-0.15, -0.1) is 5.10 Å². The van der Waals surface area contributed by atoms with E-state index in [9.17, 15) is 4.79 Å². The quantitative estimate of drug-likeness (QED) is 0.797. The lowest BCUT2D eigenvalue weighted by Crippen LogP contribution is -2.12. The zero-order valence-corrected chi connectivity index (χ0v) is 11.3. The van der Waals surface area contributed by atoms with Crippen LogP contribution in [-0.4, -0.2) is 21.1 Å². The first-order valence-corrected chi connectivity index (χ1v) is 6.35. The Morgan fingerprint density at radius 1 is 1.14 bits per heavy atom. The average molecular weight is 280 g/mol. The van der Waals surface area contributed by atoms with Crippen molar-refractivity contribution in [3.8, 4) is 11.6 Å². The molecular formula is C15H12N4O2. The third-order valence-corrected chi connectivity index (χ3v) is 2.81. The number of carbonyl (C=O) groups is 1. The first kappa shape index (κ1) is 13.0. The molecule has 0 aliphatic carbocycles. The number of nitrogens with one attached hydrogen (secondary N) is 1. The van der Waals surface area contributed by atoms with E-state index in [0.717, 1.165) is 5.56 Å². The molecule has 0 bridgehead atoms. The molecule has 0 radical (unpaired) electrons. The maximum Gasteiger partial charge on any atom is 0.322 e. The Kier molecular flexibility index (Phi) is 3.42. The average Bonchev–Trinajstić information content (AvgIpc) is 2.97. The van der Waals surface area contributed by atoms with Crippen LogP contribution in [0.2, 0.25) is 0 Å². The molecule has 2 aromatic heterocycles. The highest BCUT2D eigenvalue weighted by Crippen LogP contribution is 2.17. The van der Waals surface area contributed by atoms with Crippen molar-refractivity contribution >= 4 is 11.9 Å². The summed E-state index contributed by atoms with van der Waals surface area (Å²) in [6.45, 7) is 1.92. The molecule has 2 heterocycles. The molecule has 104 valence electrons. The Hall–Kier alpha value is -3.02. The number of rotatable bonds is 3. The summed E-state index contributed by atoms with van der Waals surface area (Å²) in [6.07, 6.45) is 1.63. The number of pyridine rings is 1. The zero-order valence-electron chi connectivity index (χ0n) is 11.3. The Balaban J connectivity index is 1.77. The third kappa shape index (κ3) is 2.94. The van der Waals surface area contributed by atoms with E-state index in [2.05, 4.69) is 20.5 Å². The van der Waals surface area contributed by atoms with E-state index in [-0.39, 0.29) is 17.8 Å². The van der Waals surface area contributed by atoms with Gasteiger partial charge in [0.1, 0.15) is 5.69 Å². The summed E-state index contributed by atoms with van der Waals surface area (Å²) in [4.78, 5) is 16.2. The fraction of sp³-hybridized carbons (Fsp3) is 0.0667. The van der Waals surface area contributed by atoms with E-state index < -0.39 is 0 Å². The van der Waals surface area contributed by atoms with Crippen molar-refractivity contribution in [1.29, 1.82) is 0 Å². The molecule has 3 aromatic rings. The van der Waals surface area contributed by atoms with Crippen molar-refractivity contribution < 1.29 is 9.21 Å². The van der Waals surface area contributed by atoms with Crippen LogP contribution in [0, 0.1) is 6.92 Å². The van der Waals surface area contributed by atoms with Crippen LogP contribution < -0.4 is 5.32 Å². The Morgan fingerprint density at radius 2 is 2.05 bits per heavy atom. The van der Waals surface area contributed by atoms with E-state index in [0.29, 0.717) is 11.3 Å². The smallest absolute Gasteiger partial charge is 0.322 e. The lowest BCUT2D eigenvalue weighted by Gasteiger charge is -2.01. The predicted octanol–water partition coefficient (Wildman–Crippen LogP) is 2.69. The third-order valence-electron chi connectivity index (χ3n) is 2.81. The summed E-state index contributed by atoms with van der Waals surface area (Å²) in [6, 6.07) is 12.6. The number of nitrogens with zero attached hydrogens (tertiary/aromatic N) is 3. The summed E-state index contributed by atoms with van der Waals surface area (Å²) >= 11 is 0. The van der Waals surface area contributed by atoms with E-state index in [1.165, 1.54) is 0 Å². The fourth-order valence-corrected chi connectivity index (χ4v) is 1.82. The summed E-state index contributed by atoms with van der Waals surface area (Å²) in [7, 11) is 0. The number of anilines is 1. The molecule has 0 saturated carbocycles. The van der Waals surface area contributed by atoms with Crippen molar-refractivity contribution in [2.75, 3.05) is 5.32 Å². The normalized spacial score (nSPS) is 10.3. The van der Waals surface area contributed by atoms with Crippen LogP contribution in [0.1, 0.15) is 15.9 Å². The Morgan fingerprint density at radius 3 is 2.81 bits per heavy atom. The van der Waals surface area contributed by atoms with Crippen LogP contribution in [0.4, 0.5) is 6.01 Å². The molecule has 6 heteroatoms. The van der Waals surface area contributed by atoms with Crippen LogP contribution in [0.25, 0.3) is 11.6 Å². The second-order valence-corrected chi connectivity index (χ2v) is 4.45. The number of benzene rings is 1. The van der Waals surface area contributed by atoms with Crippen molar-refractivity contribution in [3.05, 3.63) is 59.8 Å². The van der Waals surface area contributed by atoms with Crippen LogP contribution in [0.15, 0.2) is 53.1 Å². The van der Waals surface area contributed by atoms with Gasteiger partial charge in [-0.25, -0.2) is 0 Å². The van der Waals surface area contributed by atoms with Gasteiger partial charge in [-0.05, 0) is 31.2 Å². The monoisotopic (exact) mass is 280 g/mol. The van der Waals surface area contributed by atoms with E-state index >= 15 is 0 Å². The molecule has 0 atom stereocenters. The van der Waals surface area contributed by atoms with Gasteiger partial charge in [0.05, 0.1) is 0 Å². The molecule has 1 aromatic carbocycles. The largest absolute Gasteiger partial charge is 0.401 e. The molecule has 21 heavy (non-hydrogen) atoms. The van der Waals surface area contributed by atoms with Gasteiger partial charge in [0, 0.05) is 11.8 Å². The summed E-state index contributed by atoms with van der Waals surface area (Å²) in [5.74, 6) is -0.0370. The van der Waals surface area contributed by atoms with Crippen molar-refractivity contribution in [2.45, 2.75) is 6.92 Å². The van der Waals surface area contributed by atoms with Gasteiger partial charge in [0.15, 0.2) is 0 Å². The maximum absolute atomic E-state index is 12.1. The highest BCUT2D eigenvalue weighted by molar-refractivity contribution is 6.03. The van der Waals surface area contributed by atoms with E-state index in [1.54, 1.807) is 30.5 Å². The van der Waals surface area contributed by atoms with Gasteiger partial charge in [0.2, 0.25) is 0 Å². The van der Waals surface area contributed by atoms with Gasteiger partial charge in [-0.2, -0.15) is 0 Å². The summed E-state index contributed by atoms with van der Waals surface area (Å²) < 4.78 is 5.38. The SMILES string of the molecule is Cc1cccc(C(=O)Nc2nnc(-c3ccccn3)o2)c1. The lowest BCUT2D eigenvalue weighted by atomic mass is 10.1. The number of carbonyl (C=O) groups excluding carboxylic acids is 1. The number of aromatic nitrogens is 3. The minimum atomic E-state index is -0.296. The second kappa shape index (κ2) is 5.54. The molecule has 0 saturated heterocycles. The summed E-state index contributed by atoms with van der Waals surface area (Å²) in [5.41, 5.74) is 2.09. The number of hydrogen-bond donors (Lipinski definition) is 1. The Labute approximate surface area is 120 Å². The fourth-order valence-electron chi connectivity index (χ4n) is 1.82. The van der Waals surface area contributed by atoms with Crippen LogP contribution >= 0.6 is 0 Å². The van der Waals surface area contributed by atoms with E-state index in [1.807, 2.05) is 25.1 Å². The van der Waals surface area contributed by atoms with Gasteiger partial charge < -0.3 is 4.42 Å². The number of aryl methyl sites for hydroxylation is 1. The van der Waals surface area contributed by atoms with Crippen molar-refractivity contribution in [2.24, 2.45) is 0 Å². The number of amides is 1. The topological polar surface area (TPSA) is 80.9 Å². The molecule has 1 N–H and O–H groups in total. The van der Waals surface area contributed by atoms with Crippen molar-refractivity contribution in [1.82, 2.24) is 15.2 Å². The van der Waals surface area contributed by atoms with E-state index in [4.69, 9.17) is 4.42 Å². The van der Waals surface area contributed by atoms with Crippen LogP contribution in [0.5, 0.6) is 0 Å². The molecule has 0 aliphatic heterocycles. The summed E-state index contributed by atoms with van der Waals surface area (Å²) in [5, 5.41) is 10.2. The zero-order chi connectivity index (χ0) is 14.7. The molecule has 3 rings (SSSR count). The highest BCUT2D eigenvalue weighted by atomic mass is 16.4. The highest BCUT2D eigenvalue weighted by Gasteiger charge is 2.13. The van der Waals surface area contributed by atoms with Gasteiger partial charge in [-0.3, -0.25) is 15.1 Å². The number of hydrogen-bond acceptors (Lipinski definition) is 5. The first-order chi connectivity index (χ1) is 10.2. The minimum Gasteiger partial charge on any atom is -0.401 e. The first-order valence-electron chi connectivity index (χ1n) is 6.35. The second-order valence-electron chi connectivity index (χ2n) is 4.45. The van der Waals surface area contributed by atoms with Crippen LogP contribution in [0.3, 0.4) is 0 Å². The molecule has 0 unspecified atom stereocenters. The molecular weight excluding hydrogens is 268 g/mol. The standard InChI is InChI=1S/C15H12N4O2/c1-10-5-4-6-11(9-10)13(20)17-15-19-18-14(21-15)12-7-2-3-8-16-12/h2-9H,1H3,(H,17,19,20). The van der Waals surface area contributed by atoms with Crippen molar-refractivity contribution in [3.63, 3.8) is 0 Å². The van der Waals surface area contributed by atoms with Gasteiger partial charge >= 0.3 is 6.01 Å². The van der Waals surface area contributed by atoms with Gasteiger partial charge in [0.25, 0.3) is 11.8 Å². The maximum atomic E-state index is 12.1. The molecule has 0 fully saturated rings. The molecule has 1 amide bonds. The molecule has 6 nitrogen and oxygen atoms in total.